The molecule has 134 valence electrons. The van der Waals surface area contributed by atoms with E-state index in [4.69, 9.17) is 4.74 Å². The second kappa shape index (κ2) is 8.19. The monoisotopic (exact) mass is 339 g/mol. The maximum atomic E-state index is 12.7. The molecule has 3 nitrogen and oxygen atoms in total. The predicted octanol–water partition coefficient (Wildman–Crippen LogP) is 5.65. The first kappa shape index (κ1) is 19.0. The van der Waals surface area contributed by atoms with Crippen LogP contribution in [0.3, 0.4) is 0 Å². The van der Waals surface area contributed by atoms with Crippen molar-refractivity contribution in [2.45, 2.75) is 59.5 Å². The summed E-state index contributed by atoms with van der Waals surface area (Å²) >= 11 is 0. The minimum absolute atomic E-state index is 0.130. The molecule has 0 aliphatic rings. The van der Waals surface area contributed by atoms with Crippen LogP contribution in [0.2, 0.25) is 0 Å². The molecule has 0 unspecified atom stereocenters. The minimum Gasteiger partial charge on any atom is -0.481 e. The van der Waals surface area contributed by atoms with E-state index in [9.17, 15) is 4.79 Å². The van der Waals surface area contributed by atoms with Crippen LogP contribution in [0.5, 0.6) is 5.75 Å². The average molecular weight is 339 g/mol. The zero-order valence-corrected chi connectivity index (χ0v) is 16.1. The van der Waals surface area contributed by atoms with Crippen molar-refractivity contribution in [2.24, 2.45) is 0 Å². The van der Waals surface area contributed by atoms with Crippen molar-refractivity contribution in [3.05, 3.63) is 59.2 Å². The van der Waals surface area contributed by atoms with Gasteiger partial charge in [0.25, 0.3) is 5.91 Å². The molecule has 0 aliphatic heterocycles. The molecule has 1 amide bonds. The van der Waals surface area contributed by atoms with Crippen LogP contribution in [0.25, 0.3) is 0 Å². The van der Waals surface area contributed by atoms with Crippen LogP contribution in [-0.4, -0.2) is 12.0 Å². The van der Waals surface area contributed by atoms with E-state index >= 15 is 0 Å². The highest BCUT2D eigenvalue weighted by molar-refractivity contribution is 5.95. The Bertz CT molecular complexity index is 735. The number of amides is 1. The molecular formula is C22H29NO2. The van der Waals surface area contributed by atoms with Gasteiger partial charge in [0.05, 0.1) is 0 Å². The Kier molecular flexibility index (Phi) is 6.24. The lowest BCUT2D eigenvalue weighted by Gasteiger charge is -2.21. The fraction of sp³-hybridized carbons (Fsp3) is 0.409. The van der Waals surface area contributed by atoms with Gasteiger partial charge in [-0.05, 0) is 48.4 Å². The number of hydrogen-bond donors (Lipinski definition) is 1. The number of ether oxygens (including phenoxy) is 1. The Labute approximate surface area is 151 Å². The molecular weight excluding hydrogens is 310 g/mol. The Morgan fingerprint density at radius 3 is 2.12 bits per heavy atom. The second-order valence-corrected chi connectivity index (χ2v) is 7.14. The van der Waals surface area contributed by atoms with Gasteiger partial charge < -0.3 is 10.1 Å². The standard InChI is InChI=1S/C22H29NO2/c1-14(2)18-11-7-8-13-20(18)25-17(6)22(24)23-21-16(5)10-9-12-19(21)15(3)4/h7-15,17H,1-6H3,(H,23,24)/t17-/m1/s1. The van der Waals surface area contributed by atoms with Crippen molar-refractivity contribution in [1.82, 2.24) is 0 Å². The first-order valence-corrected chi connectivity index (χ1v) is 8.97. The Morgan fingerprint density at radius 1 is 0.880 bits per heavy atom. The second-order valence-electron chi connectivity index (χ2n) is 7.14. The molecule has 0 bridgehead atoms. The van der Waals surface area contributed by atoms with E-state index in [2.05, 4.69) is 39.1 Å². The molecule has 0 saturated carbocycles. The summed E-state index contributed by atoms with van der Waals surface area (Å²) in [6, 6.07) is 14.0. The predicted molar refractivity (Wildman–Crippen MR) is 105 cm³/mol. The summed E-state index contributed by atoms with van der Waals surface area (Å²) in [5.74, 6) is 1.33. The van der Waals surface area contributed by atoms with Crippen molar-refractivity contribution in [2.75, 3.05) is 5.32 Å². The molecule has 0 aromatic heterocycles. The smallest absolute Gasteiger partial charge is 0.265 e. The largest absolute Gasteiger partial charge is 0.481 e. The summed E-state index contributed by atoms with van der Waals surface area (Å²) in [4.78, 5) is 12.7. The maximum Gasteiger partial charge on any atom is 0.265 e. The van der Waals surface area contributed by atoms with Gasteiger partial charge in [-0.1, -0.05) is 64.1 Å². The maximum absolute atomic E-state index is 12.7. The van der Waals surface area contributed by atoms with Crippen molar-refractivity contribution in [3.8, 4) is 5.75 Å². The summed E-state index contributed by atoms with van der Waals surface area (Å²) in [7, 11) is 0. The molecule has 0 aliphatic carbocycles. The van der Waals surface area contributed by atoms with Gasteiger partial charge in [0, 0.05) is 5.69 Å². The molecule has 2 aromatic rings. The molecule has 3 heteroatoms. The van der Waals surface area contributed by atoms with Gasteiger partial charge in [-0.25, -0.2) is 0 Å². The van der Waals surface area contributed by atoms with Gasteiger partial charge >= 0.3 is 0 Å². The summed E-state index contributed by atoms with van der Waals surface area (Å²) in [5, 5.41) is 3.06. The third-order valence-electron chi connectivity index (χ3n) is 4.39. The van der Waals surface area contributed by atoms with E-state index < -0.39 is 6.10 Å². The SMILES string of the molecule is Cc1cccc(C(C)C)c1NC(=O)[C@@H](C)Oc1ccccc1C(C)C. The van der Waals surface area contributed by atoms with E-state index in [1.165, 1.54) is 0 Å². The number of carbonyl (C=O) groups is 1. The van der Waals surface area contributed by atoms with E-state index in [1.54, 1.807) is 6.92 Å². The molecule has 1 N–H and O–H groups in total. The molecule has 0 saturated heterocycles. The summed E-state index contributed by atoms with van der Waals surface area (Å²) in [6.45, 7) is 12.3. The average Bonchev–Trinajstić information content (AvgIpc) is 2.56. The highest BCUT2D eigenvalue weighted by Crippen LogP contribution is 2.29. The number of rotatable bonds is 6. The molecule has 1 atom stereocenters. The topological polar surface area (TPSA) is 38.3 Å². The molecule has 2 rings (SSSR count). The van der Waals surface area contributed by atoms with E-state index in [1.807, 2.05) is 43.3 Å². The zero-order valence-electron chi connectivity index (χ0n) is 16.1. The quantitative estimate of drug-likeness (QED) is 0.739. The van der Waals surface area contributed by atoms with Gasteiger partial charge in [0.15, 0.2) is 6.10 Å². The Hall–Kier alpha value is -2.29. The van der Waals surface area contributed by atoms with E-state index in [-0.39, 0.29) is 5.91 Å². The number of benzene rings is 2. The molecule has 0 fully saturated rings. The molecule has 0 radical (unpaired) electrons. The molecule has 0 heterocycles. The fourth-order valence-corrected chi connectivity index (χ4v) is 2.88. The van der Waals surface area contributed by atoms with Gasteiger partial charge in [-0.15, -0.1) is 0 Å². The van der Waals surface area contributed by atoms with E-state index in [0.29, 0.717) is 11.8 Å². The van der Waals surface area contributed by atoms with Gasteiger partial charge in [0.1, 0.15) is 5.75 Å². The first-order chi connectivity index (χ1) is 11.8. The van der Waals surface area contributed by atoms with Gasteiger partial charge in [0.2, 0.25) is 0 Å². The lowest BCUT2D eigenvalue weighted by atomic mass is 9.98. The van der Waals surface area contributed by atoms with Crippen molar-refractivity contribution in [1.29, 1.82) is 0 Å². The van der Waals surface area contributed by atoms with Crippen molar-refractivity contribution >= 4 is 11.6 Å². The molecule has 0 spiro atoms. The first-order valence-electron chi connectivity index (χ1n) is 8.97. The van der Waals surface area contributed by atoms with Crippen LogP contribution in [0, 0.1) is 6.92 Å². The van der Waals surface area contributed by atoms with Crippen LogP contribution in [0.4, 0.5) is 5.69 Å². The number of anilines is 1. The molecule has 2 aromatic carbocycles. The summed E-state index contributed by atoms with van der Waals surface area (Å²) in [6.07, 6.45) is -0.570. The minimum atomic E-state index is -0.570. The van der Waals surface area contributed by atoms with Gasteiger partial charge in [-0.2, -0.15) is 0 Å². The van der Waals surface area contributed by atoms with Crippen molar-refractivity contribution < 1.29 is 9.53 Å². The number of carbonyl (C=O) groups excluding carboxylic acids is 1. The highest BCUT2D eigenvalue weighted by atomic mass is 16.5. The summed E-state index contributed by atoms with van der Waals surface area (Å²) < 4.78 is 5.97. The lowest BCUT2D eigenvalue weighted by molar-refractivity contribution is -0.122. The summed E-state index contributed by atoms with van der Waals surface area (Å²) in [5.41, 5.74) is 4.22. The van der Waals surface area contributed by atoms with Crippen LogP contribution in [0.1, 0.15) is 63.1 Å². The molecule has 25 heavy (non-hydrogen) atoms. The van der Waals surface area contributed by atoms with Crippen molar-refractivity contribution in [3.63, 3.8) is 0 Å². The Balaban J connectivity index is 2.17. The van der Waals surface area contributed by atoms with Crippen LogP contribution in [-0.2, 0) is 4.79 Å². The zero-order chi connectivity index (χ0) is 18.6. The third-order valence-corrected chi connectivity index (χ3v) is 4.39. The number of hydrogen-bond acceptors (Lipinski definition) is 2. The number of para-hydroxylation sites is 2. The van der Waals surface area contributed by atoms with Gasteiger partial charge in [-0.3, -0.25) is 4.79 Å². The normalized spacial score (nSPS) is 12.3. The fourth-order valence-electron chi connectivity index (χ4n) is 2.88. The Morgan fingerprint density at radius 2 is 1.48 bits per heavy atom. The number of aryl methyl sites for hydroxylation is 1. The van der Waals surface area contributed by atoms with Crippen LogP contribution in [0.15, 0.2) is 42.5 Å². The lowest BCUT2D eigenvalue weighted by Crippen LogP contribution is -2.31. The van der Waals surface area contributed by atoms with E-state index in [0.717, 1.165) is 28.1 Å². The number of nitrogens with one attached hydrogen (secondary N) is 1. The highest BCUT2D eigenvalue weighted by Gasteiger charge is 2.19. The van der Waals surface area contributed by atoms with Crippen LogP contribution >= 0.6 is 0 Å². The third kappa shape index (κ3) is 4.62. The van der Waals surface area contributed by atoms with Crippen LogP contribution < -0.4 is 10.1 Å².